The maximum atomic E-state index is 12.4. The minimum atomic E-state index is -0.0139. The van der Waals surface area contributed by atoms with Crippen LogP contribution >= 0.6 is 11.3 Å². The molecule has 0 saturated heterocycles. The first-order valence-corrected chi connectivity index (χ1v) is 8.53. The Morgan fingerprint density at radius 3 is 2.86 bits per heavy atom. The molecule has 118 valence electrons. The topological polar surface area (TPSA) is 58.6 Å². The largest absolute Gasteiger partial charge is 0.396 e. The van der Waals surface area contributed by atoms with E-state index < -0.39 is 0 Å². The molecule has 4 nitrogen and oxygen atoms in total. The van der Waals surface area contributed by atoms with Crippen LogP contribution in [0, 0.1) is 5.41 Å². The molecule has 1 aliphatic carbocycles. The molecule has 1 aliphatic rings. The Morgan fingerprint density at radius 2 is 2.19 bits per heavy atom. The second-order valence-corrected chi connectivity index (χ2v) is 6.84. The summed E-state index contributed by atoms with van der Waals surface area (Å²) in [4.78, 5) is 13.1. The van der Waals surface area contributed by atoms with E-state index in [0.29, 0.717) is 13.2 Å². The molecule has 0 bridgehead atoms. The highest BCUT2D eigenvalue weighted by molar-refractivity contribution is 7.12. The lowest BCUT2D eigenvalue weighted by molar-refractivity contribution is 0.0869. The van der Waals surface area contributed by atoms with Gasteiger partial charge in [0.05, 0.1) is 11.5 Å². The number of nitrogens with one attached hydrogen (secondary N) is 1. The van der Waals surface area contributed by atoms with Crippen molar-refractivity contribution in [2.45, 2.75) is 45.1 Å². The number of hydrogen-bond donors (Lipinski definition) is 2. The summed E-state index contributed by atoms with van der Waals surface area (Å²) in [6, 6.07) is 1.94. The van der Waals surface area contributed by atoms with Crippen LogP contribution in [0.3, 0.4) is 0 Å². The summed E-state index contributed by atoms with van der Waals surface area (Å²) < 4.78 is 5.12. The maximum Gasteiger partial charge on any atom is 0.261 e. The van der Waals surface area contributed by atoms with Gasteiger partial charge in [0.1, 0.15) is 0 Å². The average Bonchev–Trinajstić information content (AvgIpc) is 2.95. The van der Waals surface area contributed by atoms with Crippen molar-refractivity contribution in [3.05, 3.63) is 21.9 Å². The molecule has 0 atom stereocenters. The lowest BCUT2D eigenvalue weighted by Crippen LogP contribution is -2.39. The van der Waals surface area contributed by atoms with E-state index in [1.54, 1.807) is 7.11 Å². The van der Waals surface area contributed by atoms with Crippen molar-refractivity contribution in [2.24, 2.45) is 5.41 Å². The Balaban J connectivity index is 1.96. The number of rotatable bonds is 7. The lowest BCUT2D eigenvalue weighted by atomic mass is 9.72. The normalized spacial score (nSPS) is 17.6. The Hall–Kier alpha value is -0.910. The van der Waals surface area contributed by atoms with Crippen LogP contribution < -0.4 is 5.32 Å². The first-order valence-electron chi connectivity index (χ1n) is 7.65. The molecule has 2 N–H and O–H groups in total. The van der Waals surface area contributed by atoms with Crippen LogP contribution in [0.25, 0.3) is 0 Å². The lowest BCUT2D eigenvalue weighted by Gasteiger charge is -2.37. The number of hydrogen-bond acceptors (Lipinski definition) is 4. The summed E-state index contributed by atoms with van der Waals surface area (Å²) in [5.74, 6) is -0.0139. The maximum absolute atomic E-state index is 12.4. The minimum absolute atomic E-state index is 0.0139. The molecule has 0 aromatic carbocycles. The van der Waals surface area contributed by atoms with Crippen molar-refractivity contribution in [1.82, 2.24) is 5.32 Å². The van der Waals surface area contributed by atoms with E-state index in [4.69, 9.17) is 4.74 Å². The SMILES string of the molecule is COCc1ccsc1C(=O)NCC1(CCO)CCCCC1. The number of carbonyl (C=O) groups excluding carboxylic acids is 1. The predicted octanol–water partition coefficient (Wildman–Crippen LogP) is 2.96. The highest BCUT2D eigenvalue weighted by atomic mass is 32.1. The molecule has 2 rings (SSSR count). The second-order valence-electron chi connectivity index (χ2n) is 5.92. The fourth-order valence-electron chi connectivity index (χ4n) is 3.21. The third-order valence-corrected chi connectivity index (χ3v) is 5.39. The molecule has 1 fully saturated rings. The fourth-order valence-corrected chi connectivity index (χ4v) is 4.03. The van der Waals surface area contributed by atoms with E-state index in [2.05, 4.69) is 5.32 Å². The summed E-state index contributed by atoms with van der Waals surface area (Å²) >= 11 is 1.46. The van der Waals surface area contributed by atoms with E-state index >= 15 is 0 Å². The molecule has 0 radical (unpaired) electrons. The number of methoxy groups -OCH3 is 1. The van der Waals surface area contributed by atoms with E-state index in [1.807, 2.05) is 11.4 Å². The van der Waals surface area contributed by atoms with Gasteiger partial charge in [-0.3, -0.25) is 4.79 Å². The molecular weight excluding hydrogens is 286 g/mol. The standard InChI is InChI=1S/C16H25NO3S/c1-20-11-13-5-10-21-14(13)15(19)17-12-16(8-9-18)6-3-2-4-7-16/h5,10,18H,2-4,6-9,11-12H2,1H3,(H,17,19). The van der Waals surface area contributed by atoms with Crippen molar-refractivity contribution in [1.29, 1.82) is 0 Å². The van der Waals surface area contributed by atoms with Gasteiger partial charge in [0.25, 0.3) is 5.91 Å². The summed E-state index contributed by atoms with van der Waals surface area (Å²) in [5.41, 5.74) is 1.03. The van der Waals surface area contributed by atoms with Gasteiger partial charge in [-0.2, -0.15) is 0 Å². The second kappa shape index (κ2) is 7.92. The molecule has 1 aromatic heterocycles. The van der Waals surface area contributed by atoms with Crippen LogP contribution in [0.5, 0.6) is 0 Å². The van der Waals surface area contributed by atoms with E-state index in [9.17, 15) is 9.90 Å². The molecule has 0 aliphatic heterocycles. The highest BCUT2D eigenvalue weighted by Crippen LogP contribution is 2.38. The van der Waals surface area contributed by atoms with Crippen LogP contribution in [-0.2, 0) is 11.3 Å². The van der Waals surface area contributed by atoms with E-state index in [0.717, 1.165) is 29.7 Å². The summed E-state index contributed by atoms with van der Waals surface area (Å²) in [7, 11) is 1.64. The first kappa shape index (κ1) is 16.5. The van der Waals surface area contributed by atoms with Crippen LogP contribution in [0.1, 0.15) is 53.8 Å². The van der Waals surface area contributed by atoms with E-state index in [-0.39, 0.29) is 17.9 Å². The van der Waals surface area contributed by atoms with Crippen molar-refractivity contribution in [3.8, 4) is 0 Å². The van der Waals surface area contributed by atoms with Gasteiger partial charge < -0.3 is 15.2 Å². The van der Waals surface area contributed by atoms with Gasteiger partial charge in [-0.05, 0) is 36.1 Å². The summed E-state index contributed by atoms with van der Waals surface area (Å²) in [6.45, 7) is 1.33. The Bertz CT molecular complexity index is 447. The van der Waals surface area contributed by atoms with Gasteiger partial charge in [-0.15, -0.1) is 11.3 Å². The molecule has 5 heteroatoms. The van der Waals surface area contributed by atoms with Crippen LogP contribution in [0.15, 0.2) is 11.4 Å². The first-order chi connectivity index (χ1) is 10.2. The average molecular weight is 311 g/mol. The molecule has 1 heterocycles. The van der Waals surface area contributed by atoms with Crippen LogP contribution in [0.4, 0.5) is 0 Å². The van der Waals surface area contributed by atoms with Gasteiger partial charge in [0.2, 0.25) is 0 Å². The number of aliphatic hydroxyl groups is 1. The molecular formula is C16H25NO3S. The van der Waals surface area contributed by atoms with Gasteiger partial charge in [-0.1, -0.05) is 19.3 Å². The van der Waals surface area contributed by atoms with Gasteiger partial charge in [0, 0.05) is 25.8 Å². The Morgan fingerprint density at radius 1 is 1.43 bits per heavy atom. The third-order valence-electron chi connectivity index (χ3n) is 4.43. The Kier molecular flexibility index (Phi) is 6.21. The number of amides is 1. The zero-order valence-electron chi connectivity index (χ0n) is 12.7. The highest BCUT2D eigenvalue weighted by Gasteiger charge is 2.32. The number of ether oxygens (including phenoxy) is 1. The van der Waals surface area contributed by atoms with Crippen molar-refractivity contribution >= 4 is 17.2 Å². The molecule has 0 spiro atoms. The minimum Gasteiger partial charge on any atom is -0.396 e. The van der Waals surface area contributed by atoms with Gasteiger partial charge >= 0.3 is 0 Å². The Labute approximate surface area is 130 Å². The van der Waals surface area contributed by atoms with Crippen molar-refractivity contribution < 1.29 is 14.6 Å². The van der Waals surface area contributed by atoms with Crippen molar-refractivity contribution in [2.75, 3.05) is 20.3 Å². The quantitative estimate of drug-likeness (QED) is 0.814. The molecule has 21 heavy (non-hydrogen) atoms. The van der Waals surface area contributed by atoms with Crippen molar-refractivity contribution in [3.63, 3.8) is 0 Å². The molecule has 1 aromatic rings. The zero-order chi connectivity index (χ0) is 15.1. The number of thiophene rings is 1. The smallest absolute Gasteiger partial charge is 0.261 e. The summed E-state index contributed by atoms with van der Waals surface area (Å²) in [5, 5.41) is 14.3. The van der Waals surface area contributed by atoms with Crippen LogP contribution in [-0.4, -0.2) is 31.3 Å². The van der Waals surface area contributed by atoms with E-state index in [1.165, 1.54) is 30.6 Å². The zero-order valence-corrected chi connectivity index (χ0v) is 13.5. The molecule has 1 saturated carbocycles. The predicted molar refractivity (Wildman–Crippen MR) is 84.6 cm³/mol. The van der Waals surface area contributed by atoms with Gasteiger partial charge in [0.15, 0.2) is 0 Å². The van der Waals surface area contributed by atoms with Gasteiger partial charge in [-0.25, -0.2) is 0 Å². The molecule has 0 unspecified atom stereocenters. The molecule has 1 amide bonds. The van der Waals surface area contributed by atoms with Crippen LogP contribution in [0.2, 0.25) is 0 Å². The number of aliphatic hydroxyl groups excluding tert-OH is 1. The monoisotopic (exact) mass is 311 g/mol. The summed E-state index contributed by atoms with van der Waals surface area (Å²) in [6.07, 6.45) is 6.65. The third kappa shape index (κ3) is 4.28. The number of carbonyl (C=O) groups is 1. The fraction of sp³-hybridized carbons (Fsp3) is 0.688.